The lowest BCUT2D eigenvalue weighted by atomic mass is 10.2. The molecule has 0 aromatic rings. The van der Waals surface area contributed by atoms with Gasteiger partial charge < -0.3 is 25.5 Å². The third-order valence-corrected chi connectivity index (χ3v) is 4.36. The third-order valence-electron chi connectivity index (χ3n) is 2.76. The average molecular weight is 303 g/mol. The second-order valence-electron chi connectivity index (χ2n) is 4.57. The summed E-state index contributed by atoms with van der Waals surface area (Å²) in [4.78, 5) is 6.62. The number of nitrogens with one attached hydrogen (secondary N) is 2. The normalized spacial score (nSPS) is 11.1. The molecule has 0 amide bonds. The Bertz CT molecular complexity index is 151. The summed E-state index contributed by atoms with van der Waals surface area (Å²) in [6, 6.07) is 0. The van der Waals surface area contributed by atoms with Gasteiger partial charge in [-0.2, -0.15) is 0 Å². The molecule has 0 unspecified atom stereocenters. The van der Waals surface area contributed by atoms with Crippen LogP contribution in [0.5, 0.6) is 0 Å². The van der Waals surface area contributed by atoms with Crippen LogP contribution in [-0.2, 0) is 4.12 Å². The molecule has 4 radical (unpaired) electrons. The van der Waals surface area contributed by atoms with E-state index in [0.29, 0.717) is 19.8 Å². The molecular weight excluding hydrogens is 272 g/mol. The Morgan fingerprint density at radius 1 is 0.632 bits per heavy atom. The Kier molecular flexibility index (Phi) is 18.5. The summed E-state index contributed by atoms with van der Waals surface area (Å²) < 4.78 is 5.48. The monoisotopic (exact) mass is 302 g/mol. The van der Waals surface area contributed by atoms with E-state index in [4.69, 9.17) is 15.6 Å². The largest absolute Gasteiger partial charge is 0.432 e. The van der Waals surface area contributed by atoms with E-state index in [1.54, 1.807) is 0 Å². The summed E-state index contributed by atoms with van der Waals surface area (Å²) in [6.45, 7) is 3.73. The van der Waals surface area contributed by atoms with Crippen molar-refractivity contribution in [3.8, 4) is 0 Å². The van der Waals surface area contributed by atoms with Crippen molar-refractivity contribution in [2.24, 2.45) is 11.5 Å². The lowest BCUT2D eigenvalue weighted by Gasteiger charge is -2.05. The van der Waals surface area contributed by atoms with Crippen LogP contribution in [0.2, 0.25) is 0 Å². The van der Waals surface area contributed by atoms with Crippen LogP contribution >= 0.6 is 0 Å². The molecule has 6 N–H and O–H groups in total. The maximum atomic E-state index is 5.48. The minimum absolute atomic E-state index is 0.415. The van der Waals surface area contributed by atoms with Crippen LogP contribution in [0.15, 0.2) is 0 Å². The summed E-state index contributed by atoms with van der Waals surface area (Å²) in [6.07, 6.45) is 9.74. The first kappa shape index (κ1) is 19.2. The van der Waals surface area contributed by atoms with Crippen LogP contribution in [0.4, 0.5) is 0 Å². The second-order valence-corrected chi connectivity index (χ2v) is 6.50. The molecule has 0 fully saturated rings. The van der Waals surface area contributed by atoms with Crippen molar-refractivity contribution < 1.29 is 4.12 Å². The Morgan fingerprint density at radius 2 is 1.05 bits per heavy atom. The van der Waals surface area contributed by atoms with Gasteiger partial charge in [-0.05, 0) is 51.9 Å². The fraction of sp³-hybridized carbons (Fsp3) is 1.00. The molecule has 0 saturated heterocycles. The fourth-order valence-corrected chi connectivity index (χ4v) is 2.96. The molecule has 0 bridgehead atoms. The summed E-state index contributed by atoms with van der Waals surface area (Å²) in [5.41, 5.74) is 10.9. The first-order valence-corrected chi connectivity index (χ1v) is 9.25. The van der Waals surface area contributed by atoms with Crippen LogP contribution in [-0.4, -0.2) is 46.0 Å². The number of rotatable bonds is 16. The SMILES string of the molecule is NCCCCCCN[Si]O[Si]NCCCCCCN. The number of unbranched alkanes of at least 4 members (excludes halogenated alkanes) is 6. The van der Waals surface area contributed by atoms with Crippen molar-refractivity contribution in [3.05, 3.63) is 0 Å². The highest BCUT2D eigenvalue weighted by molar-refractivity contribution is 6.39. The van der Waals surface area contributed by atoms with Crippen LogP contribution in [0.1, 0.15) is 51.4 Å². The van der Waals surface area contributed by atoms with E-state index in [0.717, 1.165) is 39.0 Å². The summed E-state index contributed by atoms with van der Waals surface area (Å²) in [5, 5.41) is 0. The molecule has 0 rings (SSSR count). The van der Waals surface area contributed by atoms with Crippen molar-refractivity contribution in [1.82, 2.24) is 9.96 Å². The third kappa shape index (κ3) is 18.2. The lowest BCUT2D eigenvalue weighted by molar-refractivity contribution is 0.570. The molecule has 0 aromatic carbocycles. The maximum Gasteiger partial charge on any atom is 0.326 e. The topological polar surface area (TPSA) is 85.3 Å². The van der Waals surface area contributed by atoms with Gasteiger partial charge in [0.05, 0.1) is 0 Å². The van der Waals surface area contributed by atoms with E-state index < -0.39 is 0 Å². The van der Waals surface area contributed by atoms with Crippen molar-refractivity contribution in [3.63, 3.8) is 0 Å². The van der Waals surface area contributed by atoms with Crippen molar-refractivity contribution in [2.75, 3.05) is 26.2 Å². The van der Waals surface area contributed by atoms with Gasteiger partial charge in [-0.15, -0.1) is 0 Å². The minimum atomic E-state index is 0.415. The Hall–Kier alpha value is 0.234. The van der Waals surface area contributed by atoms with Crippen molar-refractivity contribution in [2.45, 2.75) is 51.4 Å². The molecule has 112 valence electrons. The number of nitrogens with two attached hydrogens (primary N) is 2. The van der Waals surface area contributed by atoms with Crippen LogP contribution in [0.25, 0.3) is 0 Å². The van der Waals surface area contributed by atoms with Crippen molar-refractivity contribution >= 4 is 19.8 Å². The Morgan fingerprint density at radius 3 is 1.47 bits per heavy atom. The van der Waals surface area contributed by atoms with Gasteiger partial charge in [0.25, 0.3) is 0 Å². The van der Waals surface area contributed by atoms with Gasteiger partial charge in [0, 0.05) is 0 Å². The highest BCUT2D eigenvalue weighted by Crippen LogP contribution is 1.97. The highest BCUT2D eigenvalue weighted by atomic mass is 28.3. The van der Waals surface area contributed by atoms with Gasteiger partial charge in [-0.25, -0.2) is 0 Å². The van der Waals surface area contributed by atoms with Crippen LogP contribution in [0, 0.1) is 0 Å². The van der Waals surface area contributed by atoms with Gasteiger partial charge in [0.1, 0.15) is 0 Å². The highest BCUT2D eigenvalue weighted by Gasteiger charge is 1.95. The summed E-state index contributed by atoms with van der Waals surface area (Å²) >= 11 is 0. The van der Waals surface area contributed by atoms with E-state index in [9.17, 15) is 0 Å². The first-order chi connectivity index (χ1) is 9.41. The smallest absolute Gasteiger partial charge is 0.326 e. The zero-order chi connectivity index (χ0) is 14.0. The molecule has 19 heavy (non-hydrogen) atoms. The van der Waals surface area contributed by atoms with Crippen molar-refractivity contribution in [1.29, 1.82) is 0 Å². The second kappa shape index (κ2) is 18.2. The van der Waals surface area contributed by atoms with Gasteiger partial charge in [-0.1, -0.05) is 25.7 Å². The van der Waals surface area contributed by atoms with Gasteiger partial charge >= 0.3 is 19.8 Å². The van der Waals surface area contributed by atoms with Crippen LogP contribution in [0.3, 0.4) is 0 Å². The maximum absolute atomic E-state index is 5.48. The molecule has 0 aromatic heterocycles. The average Bonchev–Trinajstić information content (AvgIpc) is 2.43. The molecule has 0 aliphatic heterocycles. The first-order valence-electron chi connectivity index (χ1n) is 7.43. The molecule has 0 heterocycles. The predicted molar refractivity (Wildman–Crippen MR) is 83.6 cm³/mol. The Balaban J connectivity index is 2.88. The summed E-state index contributed by atoms with van der Waals surface area (Å²) in [5.74, 6) is 0. The zero-order valence-corrected chi connectivity index (χ0v) is 14.0. The van der Waals surface area contributed by atoms with E-state index in [2.05, 4.69) is 9.96 Å². The molecule has 0 aliphatic carbocycles. The molecule has 0 saturated carbocycles. The predicted octanol–water partition coefficient (Wildman–Crippen LogP) is 0.289. The van der Waals surface area contributed by atoms with E-state index >= 15 is 0 Å². The standard InChI is InChI=1S/C12H30N4OSi2/c13-9-5-1-3-7-11-15-18-17-19-16-12-8-4-2-6-10-14/h15-16H,1-14H2. The molecule has 5 nitrogen and oxygen atoms in total. The minimum Gasteiger partial charge on any atom is -0.432 e. The van der Waals surface area contributed by atoms with Gasteiger partial charge in [0.15, 0.2) is 0 Å². The Labute approximate surface area is 123 Å². The summed E-state index contributed by atoms with van der Waals surface area (Å²) in [7, 11) is 0.830. The molecule has 0 atom stereocenters. The van der Waals surface area contributed by atoms with Crippen LogP contribution < -0.4 is 21.4 Å². The van der Waals surface area contributed by atoms with E-state index in [1.165, 1.54) is 38.5 Å². The number of hydrogen-bond donors (Lipinski definition) is 4. The van der Waals surface area contributed by atoms with E-state index in [-0.39, 0.29) is 0 Å². The quantitative estimate of drug-likeness (QED) is 0.243. The van der Waals surface area contributed by atoms with E-state index in [1.807, 2.05) is 0 Å². The molecule has 0 aliphatic rings. The number of hydrogen-bond acceptors (Lipinski definition) is 5. The van der Waals surface area contributed by atoms with Gasteiger partial charge in [0.2, 0.25) is 0 Å². The lowest BCUT2D eigenvalue weighted by Crippen LogP contribution is -2.31. The van der Waals surface area contributed by atoms with Gasteiger partial charge in [-0.3, -0.25) is 0 Å². The molecule has 7 heteroatoms. The molecule has 0 spiro atoms. The fourth-order valence-electron chi connectivity index (χ4n) is 1.62. The zero-order valence-electron chi connectivity index (χ0n) is 12.0. The molecular formula is C12H30N4OSi2.